The number of nitrogens with zero attached hydrogens (tertiary/aromatic N) is 1. The second-order valence-corrected chi connectivity index (χ2v) is 8.96. The van der Waals surface area contributed by atoms with Crippen LogP contribution in [-0.4, -0.2) is 31.2 Å². The molecule has 0 radical (unpaired) electrons. The standard InChI is InChI=1S/C14H15ClN2O4S2/c15-12-5-6-13(22-12)23(19,20)17-7-1-4-11(17)14(18)16-9-10-3-2-8-21-10/h2-3,5-6,8,11H,1,4,7,9H2,(H,16,18). The summed E-state index contributed by atoms with van der Waals surface area (Å²) in [5.74, 6) is 0.306. The van der Waals surface area contributed by atoms with Gasteiger partial charge in [-0.2, -0.15) is 4.31 Å². The molecule has 1 aliphatic rings. The third-order valence-corrected chi connectivity index (χ3v) is 7.24. The molecule has 0 saturated carbocycles. The number of rotatable bonds is 5. The van der Waals surface area contributed by atoms with Crippen LogP contribution in [0.25, 0.3) is 0 Å². The lowest BCUT2D eigenvalue weighted by molar-refractivity contribution is -0.124. The van der Waals surface area contributed by atoms with Gasteiger partial charge in [0.1, 0.15) is 16.0 Å². The molecule has 3 heterocycles. The Bertz CT molecular complexity index is 786. The Morgan fingerprint density at radius 1 is 1.43 bits per heavy atom. The summed E-state index contributed by atoms with van der Waals surface area (Å²) in [6.45, 7) is 0.567. The zero-order valence-corrected chi connectivity index (χ0v) is 14.5. The van der Waals surface area contributed by atoms with E-state index in [2.05, 4.69) is 5.32 Å². The Labute approximate surface area is 143 Å². The quantitative estimate of drug-likeness (QED) is 0.871. The zero-order valence-electron chi connectivity index (χ0n) is 12.1. The van der Waals surface area contributed by atoms with Gasteiger partial charge in [0.05, 0.1) is 17.1 Å². The Balaban J connectivity index is 1.73. The highest BCUT2D eigenvalue weighted by Crippen LogP contribution is 2.32. The maximum Gasteiger partial charge on any atom is 0.253 e. The van der Waals surface area contributed by atoms with Crippen molar-refractivity contribution in [1.82, 2.24) is 9.62 Å². The maximum atomic E-state index is 12.7. The van der Waals surface area contributed by atoms with Crippen LogP contribution in [0.3, 0.4) is 0 Å². The first-order valence-corrected chi connectivity index (χ1v) is 9.69. The predicted molar refractivity (Wildman–Crippen MR) is 86.8 cm³/mol. The molecule has 1 amide bonds. The lowest BCUT2D eigenvalue weighted by Gasteiger charge is -2.22. The molecule has 1 atom stereocenters. The number of hydrogen-bond donors (Lipinski definition) is 1. The van der Waals surface area contributed by atoms with E-state index in [0.717, 1.165) is 11.3 Å². The molecule has 1 N–H and O–H groups in total. The van der Waals surface area contributed by atoms with Crippen LogP contribution in [0, 0.1) is 0 Å². The van der Waals surface area contributed by atoms with Gasteiger partial charge in [0.15, 0.2) is 0 Å². The second-order valence-electron chi connectivity index (χ2n) is 5.13. The Hall–Kier alpha value is -1.35. The molecule has 23 heavy (non-hydrogen) atoms. The fraction of sp³-hybridized carbons (Fsp3) is 0.357. The van der Waals surface area contributed by atoms with Crippen molar-refractivity contribution in [1.29, 1.82) is 0 Å². The van der Waals surface area contributed by atoms with Crippen LogP contribution < -0.4 is 5.32 Å². The minimum absolute atomic E-state index is 0.160. The minimum atomic E-state index is -3.70. The maximum absolute atomic E-state index is 12.7. The highest BCUT2D eigenvalue weighted by Gasteiger charge is 2.40. The van der Waals surface area contributed by atoms with Crippen LogP contribution in [0.1, 0.15) is 18.6 Å². The van der Waals surface area contributed by atoms with Crippen LogP contribution in [0.4, 0.5) is 0 Å². The van der Waals surface area contributed by atoms with Crippen molar-refractivity contribution < 1.29 is 17.6 Å². The first-order valence-electron chi connectivity index (χ1n) is 7.06. The topological polar surface area (TPSA) is 79.6 Å². The van der Waals surface area contributed by atoms with Gasteiger partial charge in [-0.05, 0) is 37.1 Å². The SMILES string of the molecule is O=C(NCc1ccco1)C1CCCN1S(=O)(=O)c1ccc(Cl)s1. The lowest BCUT2D eigenvalue weighted by atomic mass is 10.2. The van der Waals surface area contributed by atoms with Crippen molar-refractivity contribution in [2.75, 3.05) is 6.54 Å². The van der Waals surface area contributed by atoms with Gasteiger partial charge in [-0.25, -0.2) is 8.42 Å². The summed E-state index contributed by atoms with van der Waals surface area (Å²) < 4.78 is 32.3. The van der Waals surface area contributed by atoms with Crippen molar-refractivity contribution in [2.45, 2.75) is 29.6 Å². The fourth-order valence-electron chi connectivity index (χ4n) is 2.55. The number of sulfonamides is 1. The van der Waals surface area contributed by atoms with E-state index < -0.39 is 16.1 Å². The van der Waals surface area contributed by atoms with Crippen molar-refractivity contribution in [3.05, 3.63) is 40.6 Å². The molecule has 2 aromatic rings. The molecular formula is C14H15ClN2O4S2. The van der Waals surface area contributed by atoms with Crippen LogP contribution in [0.2, 0.25) is 4.34 Å². The molecule has 0 aromatic carbocycles. The molecule has 1 fully saturated rings. The molecule has 9 heteroatoms. The predicted octanol–water partition coefficient (Wildman–Crippen LogP) is 2.46. The molecule has 0 bridgehead atoms. The number of hydrogen-bond acceptors (Lipinski definition) is 5. The number of furan rings is 1. The van der Waals surface area contributed by atoms with E-state index in [4.69, 9.17) is 16.0 Å². The van der Waals surface area contributed by atoms with Crippen molar-refractivity contribution in [3.8, 4) is 0 Å². The van der Waals surface area contributed by atoms with E-state index in [9.17, 15) is 13.2 Å². The molecule has 2 aromatic heterocycles. The number of halogens is 1. The van der Waals surface area contributed by atoms with E-state index in [1.807, 2.05) is 0 Å². The average molecular weight is 375 g/mol. The van der Waals surface area contributed by atoms with Crippen LogP contribution >= 0.6 is 22.9 Å². The Morgan fingerprint density at radius 2 is 2.26 bits per heavy atom. The molecule has 124 valence electrons. The number of carbonyl (C=O) groups is 1. The summed E-state index contributed by atoms with van der Waals surface area (Å²) >= 11 is 6.82. The summed E-state index contributed by atoms with van der Waals surface area (Å²) in [7, 11) is -3.70. The van der Waals surface area contributed by atoms with Gasteiger partial charge in [0, 0.05) is 6.54 Å². The largest absolute Gasteiger partial charge is 0.467 e. The lowest BCUT2D eigenvalue weighted by Crippen LogP contribution is -2.45. The summed E-state index contributed by atoms with van der Waals surface area (Å²) in [5.41, 5.74) is 0. The van der Waals surface area contributed by atoms with E-state index in [1.165, 1.54) is 16.6 Å². The highest BCUT2D eigenvalue weighted by molar-refractivity contribution is 7.91. The summed E-state index contributed by atoms with van der Waals surface area (Å²) in [4.78, 5) is 12.4. The van der Waals surface area contributed by atoms with Gasteiger partial charge in [0.25, 0.3) is 10.0 Å². The number of amides is 1. The molecule has 3 rings (SSSR count). The Morgan fingerprint density at radius 3 is 2.91 bits per heavy atom. The zero-order chi connectivity index (χ0) is 16.4. The van der Waals surface area contributed by atoms with Crippen molar-refractivity contribution in [3.63, 3.8) is 0 Å². The summed E-state index contributed by atoms with van der Waals surface area (Å²) in [6, 6.07) is 5.79. The number of thiophene rings is 1. The van der Waals surface area contributed by atoms with E-state index >= 15 is 0 Å². The van der Waals surface area contributed by atoms with Crippen molar-refractivity contribution in [2.24, 2.45) is 0 Å². The fourth-order valence-corrected chi connectivity index (χ4v) is 5.82. The molecular weight excluding hydrogens is 360 g/mol. The van der Waals surface area contributed by atoms with Gasteiger partial charge >= 0.3 is 0 Å². The number of carbonyl (C=O) groups excluding carboxylic acids is 1. The third kappa shape index (κ3) is 3.45. The highest BCUT2D eigenvalue weighted by atomic mass is 35.5. The normalized spacial score (nSPS) is 19.1. The molecule has 1 aliphatic heterocycles. The molecule has 1 saturated heterocycles. The summed E-state index contributed by atoms with van der Waals surface area (Å²) in [6.07, 6.45) is 2.67. The van der Waals surface area contributed by atoms with Gasteiger partial charge in [-0.3, -0.25) is 4.79 Å². The van der Waals surface area contributed by atoms with Crippen LogP contribution in [-0.2, 0) is 21.4 Å². The third-order valence-electron chi connectivity index (χ3n) is 3.63. The van der Waals surface area contributed by atoms with E-state index in [-0.39, 0.29) is 16.7 Å². The van der Waals surface area contributed by atoms with E-state index in [0.29, 0.717) is 29.5 Å². The van der Waals surface area contributed by atoms with Gasteiger partial charge < -0.3 is 9.73 Å². The number of nitrogens with one attached hydrogen (secondary N) is 1. The molecule has 0 spiro atoms. The van der Waals surface area contributed by atoms with Gasteiger partial charge in [0.2, 0.25) is 5.91 Å². The molecule has 0 aliphatic carbocycles. The Kier molecular flexibility index (Phi) is 4.77. The van der Waals surface area contributed by atoms with Gasteiger partial charge in [-0.15, -0.1) is 11.3 Å². The molecule has 1 unspecified atom stereocenters. The van der Waals surface area contributed by atoms with Crippen LogP contribution in [0.15, 0.2) is 39.2 Å². The van der Waals surface area contributed by atoms with Gasteiger partial charge in [-0.1, -0.05) is 11.6 Å². The van der Waals surface area contributed by atoms with E-state index in [1.54, 1.807) is 18.2 Å². The molecule has 6 nitrogen and oxygen atoms in total. The smallest absolute Gasteiger partial charge is 0.253 e. The first kappa shape index (κ1) is 16.5. The average Bonchev–Trinajstić information content (AvgIpc) is 3.25. The van der Waals surface area contributed by atoms with Crippen LogP contribution in [0.5, 0.6) is 0 Å². The van der Waals surface area contributed by atoms with Crippen molar-refractivity contribution >= 4 is 38.9 Å². The monoisotopic (exact) mass is 374 g/mol. The minimum Gasteiger partial charge on any atom is -0.467 e. The summed E-state index contributed by atoms with van der Waals surface area (Å²) in [5, 5.41) is 2.72. The second kappa shape index (κ2) is 6.64. The first-order chi connectivity index (χ1) is 11.0.